The molecule has 1 amide bonds. The Bertz CT molecular complexity index is 1730. The molecule has 0 unspecified atom stereocenters. The number of halogens is 1. The number of pyridine rings is 1. The van der Waals surface area contributed by atoms with Gasteiger partial charge in [0.2, 0.25) is 0 Å². The first kappa shape index (κ1) is 25.7. The number of para-hydroxylation sites is 1. The topological polar surface area (TPSA) is 87.4 Å². The van der Waals surface area contributed by atoms with Gasteiger partial charge in [-0.3, -0.25) is 19.3 Å². The van der Waals surface area contributed by atoms with E-state index in [9.17, 15) is 9.59 Å². The van der Waals surface area contributed by atoms with Crippen molar-refractivity contribution in [2.24, 2.45) is 7.05 Å². The minimum Gasteiger partial charge on any atom is -0.494 e. The van der Waals surface area contributed by atoms with E-state index < -0.39 is 17.3 Å². The highest BCUT2D eigenvalue weighted by Crippen LogP contribution is 2.33. The molecule has 0 saturated carbocycles. The second-order valence-electron chi connectivity index (χ2n) is 8.97. The quantitative estimate of drug-likeness (QED) is 0.268. The summed E-state index contributed by atoms with van der Waals surface area (Å²) in [5.74, 6) is -0.193. The van der Waals surface area contributed by atoms with E-state index in [0.717, 1.165) is 12.5 Å². The fraction of sp³-hybridized carbons (Fsp3) is 0.167. The Balaban J connectivity index is 1.37. The maximum atomic E-state index is 15.1. The molecule has 3 aromatic carbocycles. The van der Waals surface area contributed by atoms with E-state index in [1.165, 1.54) is 16.8 Å². The van der Waals surface area contributed by atoms with E-state index in [1.807, 2.05) is 43.3 Å². The molecule has 0 spiro atoms. The number of fused-ring (bicyclic) bond motifs is 1. The number of ether oxygens (including phenoxy) is 2. The van der Waals surface area contributed by atoms with Gasteiger partial charge in [0.15, 0.2) is 11.6 Å². The molecule has 0 aliphatic rings. The van der Waals surface area contributed by atoms with Gasteiger partial charge in [-0.1, -0.05) is 25.1 Å². The van der Waals surface area contributed by atoms with Crippen LogP contribution >= 0.6 is 0 Å². The van der Waals surface area contributed by atoms with Crippen LogP contribution in [0.15, 0.2) is 83.8 Å². The van der Waals surface area contributed by atoms with E-state index in [2.05, 4.69) is 10.3 Å². The Morgan fingerprint density at radius 1 is 1.03 bits per heavy atom. The van der Waals surface area contributed by atoms with Gasteiger partial charge < -0.3 is 14.8 Å². The maximum Gasteiger partial charge on any atom is 0.284 e. The number of nitrogens with one attached hydrogen (secondary N) is 1. The van der Waals surface area contributed by atoms with Crippen molar-refractivity contribution in [3.8, 4) is 22.9 Å². The van der Waals surface area contributed by atoms with Gasteiger partial charge in [-0.2, -0.15) is 0 Å². The molecular formula is C30H27FN4O4. The number of nitrogens with zero attached hydrogens (tertiary/aromatic N) is 3. The predicted molar refractivity (Wildman–Crippen MR) is 148 cm³/mol. The third kappa shape index (κ3) is 5.11. The van der Waals surface area contributed by atoms with Crippen LogP contribution in [0.2, 0.25) is 0 Å². The van der Waals surface area contributed by atoms with Crippen molar-refractivity contribution in [3.05, 3.63) is 106 Å². The second kappa shape index (κ2) is 10.8. The third-order valence-electron chi connectivity index (χ3n) is 6.34. The van der Waals surface area contributed by atoms with Gasteiger partial charge in [0, 0.05) is 36.5 Å². The fourth-order valence-corrected chi connectivity index (χ4v) is 4.30. The lowest BCUT2D eigenvalue weighted by molar-refractivity contribution is 0.102. The summed E-state index contributed by atoms with van der Waals surface area (Å²) in [5.41, 5.74) is 1.48. The molecule has 2 heterocycles. The van der Waals surface area contributed by atoms with Crippen LogP contribution in [-0.2, 0) is 7.05 Å². The number of anilines is 1. The van der Waals surface area contributed by atoms with Crippen LogP contribution in [-0.4, -0.2) is 26.9 Å². The first-order valence-electron chi connectivity index (χ1n) is 12.5. The minimum atomic E-state index is -0.674. The van der Waals surface area contributed by atoms with Gasteiger partial charge in [0.05, 0.1) is 23.5 Å². The van der Waals surface area contributed by atoms with Crippen LogP contribution in [0.4, 0.5) is 10.1 Å². The molecule has 0 atom stereocenters. The van der Waals surface area contributed by atoms with Crippen molar-refractivity contribution >= 4 is 22.5 Å². The van der Waals surface area contributed by atoms with E-state index in [1.54, 1.807) is 43.0 Å². The largest absolute Gasteiger partial charge is 0.494 e. The van der Waals surface area contributed by atoms with Crippen molar-refractivity contribution in [1.29, 1.82) is 0 Å². The van der Waals surface area contributed by atoms with Gasteiger partial charge in [-0.05, 0) is 55.8 Å². The lowest BCUT2D eigenvalue weighted by Gasteiger charge is -2.12. The van der Waals surface area contributed by atoms with E-state index in [0.29, 0.717) is 40.4 Å². The first-order valence-corrected chi connectivity index (χ1v) is 12.5. The van der Waals surface area contributed by atoms with Crippen LogP contribution in [0.5, 0.6) is 17.2 Å². The van der Waals surface area contributed by atoms with Gasteiger partial charge >= 0.3 is 0 Å². The highest BCUT2D eigenvalue weighted by Gasteiger charge is 2.22. The van der Waals surface area contributed by atoms with Gasteiger partial charge in [0.1, 0.15) is 17.1 Å². The Kier molecular flexibility index (Phi) is 7.14. The maximum absolute atomic E-state index is 15.1. The molecule has 5 aromatic rings. The van der Waals surface area contributed by atoms with Crippen LogP contribution < -0.4 is 20.3 Å². The molecule has 1 N–H and O–H groups in total. The number of amides is 1. The second-order valence-corrected chi connectivity index (χ2v) is 8.97. The number of benzene rings is 3. The Hall–Kier alpha value is -4.92. The molecule has 2 aromatic heterocycles. The number of rotatable bonds is 8. The van der Waals surface area contributed by atoms with Gasteiger partial charge in [0.25, 0.3) is 11.5 Å². The van der Waals surface area contributed by atoms with Crippen LogP contribution in [0.25, 0.3) is 16.6 Å². The molecule has 0 bridgehead atoms. The van der Waals surface area contributed by atoms with Crippen LogP contribution in [0.3, 0.4) is 0 Å². The standard InChI is InChI=1S/C30H27FN4O4/c1-4-16-38-22-11-12-23-25(18-22)32-15-14-26(23)39-27-13-10-20(17-24(27)31)33-29(36)28-19(2)34(3)35(30(28)37)21-8-6-5-7-9-21/h5-15,17-18H,4,16H2,1-3H3,(H,33,36). The van der Waals surface area contributed by atoms with Crippen LogP contribution in [0, 0.1) is 12.7 Å². The lowest BCUT2D eigenvalue weighted by atomic mass is 10.2. The molecule has 9 heteroatoms. The van der Waals surface area contributed by atoms with Crippen LogP contribution in [0.1, 0.15) is 29.4 Å². The summed E-state index contributed by atoms with van der Waals surface area (Å²) in [7, 11) is 1.70. The number of carbonyl (C=O) groups is 1. The normalized spacial score (nSPS) is 11.0. The first-order chi connectivity index (χ1) is 18.9. The van der Waals surface area contributed by atoms with Gasteiger partial charge in [-0.15, -0.1) is 0 Å². The zero-order valence-electron chi connectivity index (χ0n) is 21.8. The Morgan fingerprint density at radius 2 is 1.82 bits per heavy atom. The summed E-state index contributed by atoms with van der Waals surface area (Å²) in [4.78, 5) is 30.6. The van der Waals surface area contributed by atoms with E-state index in [4.69, 9.17) is 9.47 Å². The average molecular weight is 527 g/mol. The fourth-order valence-electron chi connectivity index (χ4n) is 4.30. The zero-order valence-corrected chi connectivity index (χ0v) is 21.8. The summed E-state index contributed by atoms with van der Waals surface area (Å²) >= 11 is 0. The highest BCUT2D eigenvalue weighted by molar-refractivity contribution is 6.05. The van der Waals surface area contributed by atoms with Crippen molar-refractivity contribution in [2.45, 2.75) is 20.3 Å². The molecule has 0 aliphatic heterocycles. The molecule has 0 aliphatic carbocycles. The zero-order chi connectivity index (χ0) is 27.5. The summed E-state index contributed by atoms with van der Waals surface area (Å²) in [6.07, 6.45) is 2.47. The molecule has 8 nitrogen and oxygen atoms in total. The smallest absolute Gasteiger partial charge is 0.284 e. The Morgan fingerprint density at radius 3 is 2.56 bits per heavy atom. The molecular weight excluding hydrogens is 499 g/mol. The molecule has 198 valence electrons. The molecule has 0 saturated heterocycles. The highest BCUT2D eigenvalue weighted by atomic mass is 19.1. The summed E-state index contributed by atoms with van der Waals surface area (Å²) in [6, 6.07) is 20.2. The molecule has 0 radical (unpaired) electrons. The van der Waals surface area contributed by atoms with Crippen molar-refractivity contribution < 1.29 is 18.7 Å². The average Bonchev–Trinajstić information content (AvgIpc) is 3.16. The molecule has 0 fully saturated rings. The van der Waals surface area contributed by atoms with Crippen molar-refractivity contribution in [3.63, 3.8) is 0 Å². The number of hydrogen-bond acceptors (Lipinski definition) is 5. The monoisotopic (exact) mass is 526 g/mol. The minimum absolute atomic E-state index is 0.0193. The lowest BCUT2D eigenvalue weighted by Crippen LogP contribution is -2.25. The summed E-state index contributed by atoms with van der Waals surface area (Å²) < 4.78 is 29.6. The Labute approximate surface area is 224 Å². The molecule has 39 heavy (non-hydrogen) atoms. The van der Waals surface area contributed by atoms with Gasteiger partial charge in [-0.25, -0.2) is 9.07 Å². The number of hydrogen-bond donors (Lipinski definition) is 1. The van der Waals surface area contributed by atoms with Crippen molar-refractivity contribution in [1.82, 2.24) is 14.3 Å². The molecule has 5 rings (SSSR count). The summed E-state index contributed by atoms with van der Waals surface area (Å²) in [5, 5.41) is 3.33. The number of carbonyl (C=O) groups excluding carboxylic acids is 1. The third-order valence-corrected chi connectivity index (χ3v) is 6.34. The van der Waals surface area contributed by atoms with E-state index >= 15 is 4.39 Å². The van der Waals surface area contributed by atoms with Crippen molar-refractivity contribution in [2.75, 3.05) is 11.9 Å². The SMILES string of the molecule is CCCOc1ccc2c(Oc3ccc(NC(=O)c4c(C)n(C)n(-c5ccccc5)c4=O)cc3F)ccnc2c1. The van der Waals surface area contributed by atoms with E-state index in [-0.39, 0.29) is 17.0 Å². The predicted octanol–water partition coefficient (Wildman–Crippen LogP) is 6.01. The summed E-state index contributed by atoms with van der Waals surface area (Å²) in [6.45, 7) is 4.31. The number of aromatic nitrogens is 3.